The number of hydrogen-bond donors (Lipinski definition) is 0. The number of carbonyl (C=O) groups is 1. The molecule has 1 heterocycles. The van der Waals surface area contributed by atoms with Crippen LogP contribution in [0.4, 0.5) is 8.78 Å². The van der Waals surface area contributed by atoms with Gasteiger partial charge in [0.2, 0.25) is 5.75 Å². The Bertz CT molecular complexity index is 831. The second kappa shape index (κ2) is 7.82. The zero-order valence-electron chi connectivity index (χ0n) is 15.3. The predicted molar refractivity (Wildman–Crippen MR) is 95.3 cm³/mol. The molecule has 27 heavy (non-hydrogen) atoms. The van der Waals surface area contributed by atoms with Gasteiger partial charge in [0.25, 0.3) is 5.91 Å². The summed E-state index contributed by atoms with van der Waals surface area (Å²) in [6, 6.07) is 6.99. The van der Waals surface area contributed by atoms with Crippen molar-refractivity contribution in [1.29, 1.82) is 0 Å². The molecule has 1 radical (unpaired) electrons. The van der Waals surface area contributed by atoms with Gasteiger partial charge in [0.1, 0.15) is 0 Å². The molecular formula is C20H20F2NO4. The molecule has 143 valence electrons. The lowest BCUT2D eigenvalue weighted by atomic mass is 9.98. The molecule has 1 amide bonds. The van der Waals surface area contributed by atoms with E-state index >= 15 is 0 Å². The normalized spacial score (nSPS) is 14.3. The average molecular weight is 376 g/mol. The van der Waals surface area contributed by atoms with E-state index in [1.165, 1.54) is 27.4 Å². The third kappa shape index (κ3) is 3.67. The first kappa shape index (κ1) is 18.9. The molecule has 2 aromatic rings. The zero-order chi connectivity index (χ0) is 19.6. The van der Waals surface area contributed by atoms with Gasteiger partial charge in [-0.15, -0.1) is 0 Å². The number of ether oxygens (including phenoxy) is 3. The molecule has 1 aliphatic heterocycles. The summed E-state index contributed by atoms with van der Waals surface area (Å²) in [6.45, 7) is 0.838. The van der Waals surface area contributed by atoms with E-state index in [-0.39, 0.29) is 5.91 Å². The van der Waals surface area contributed by atoms with E-state index in [9.17, 15) is 13.6 Å². The maximum absolute atomic E-state index is 13.5. The molecule has 2 aromatic carbocycles. The van der Waals surface area contributed by atoms with Gasteiger partial charge >= 0.3 is 0 Å². The highest BCUT2D eigenvalue weighted by atomic mass is 19.2. The number of methoxy groups -OCH3 is 3. The summed E-state index contributed by atoms with van der Waals surface area (Å²) < 4.78 is 42.5. The minimum Gasteiger partial charge on any atom is -0.493 e. The van der Waals surface area contributed by atoms with Crippen molar-refractivity contribution >= 4 is 5.91 Å². The monoisotopic (exact) mass is 376 g/mol. The third-order valence-electron chi connectivity index (χ3n) is 4.59. The molecular weight excluding hydrogens is 356 g/mol. The van der Waals surface area contributed by atoms with Gasteiger partial charge in [-0.25, -0.2) is 8.78 Å². The van der Waals surface area contributed by atoms with E-state index < -0.39 is 11.6 Å². The van der Waals surface area contributed by atoms with E-state index in [0.29, 0.717) is 47.9 Å². The number of nitrogens with zero attached hydrogens (tertiary/aromatic N) is 1. The summed E-state index contributed by atoms with van der Waals surface area (Å²) in [5.41, 5.74) is 1.00. The summed E-state index contributed by atoms with van der Waals surface area (Å²) in [4.78, 5) is 14.6. The molecule has 1 saturated heterocycles. The molecule has 1 aliphatic rings. The van der Waals surface area contributed by atoms with E-state index in [1.54, 1.807) is 17.0 Å². The first-order valence-electron chi connectivity index (χ1n) is 8.38. The molecule has 0 N–H and O–H groups in total. The van der Waals surface area contributed by atoms with Gasteiger partial charge in [-0.2, -0.15) is 0 Å². The standard InChI is InChI=1S/C20H20F2NO4/c1-25-17-9-14(10-18(26-2)19(17)27-3)20(24)23-7-6-13(11-23)12-4-5-15(21)16(22)8-12/h4-5,8-10H,6-7,11H2,1-3H3. The highest BCUT2D eigenvalue weighted by Gasteiger charge is 2.30. The maximum atomic E-state index is 13.5. The second-order valence-corrected chi connectivity index (χ2v) is 6.12. The Morgan fingerprint density at radius 1 is 0.963 bits per heavy atom. The van der Waals surface area contributed by atoms with E-state index in [4.69, 9.17) is 14.2 Å². The van der Waals surface area contributed by atoms with Gasteiger partial charge < -0.3 is 19.1 Å². The summed E-state index contributed by atoms with van der Waals surface area (Å²) in [5.74, 6) is 0.0963. The van der Waals surface area contributed by atoms with Crippen LogP contribution in [0.15, 0.2) is 30.3 Å². The summed E-state index contributed by atoms with van der Waals surface area (Å²) >= 11 is 0. The molecule has 0 unspecified atom stereocenters. The molecule has 5 nitrogen and oxygen atoms in total. The van der Waals surface area contributed by atoms with E-state index in [0.717, 1.165) is 18.1 Å². The highest BCUT2D eigenvalue weighted by Crippen LogP contribution is 2.39. The van der Waals surface area contributed by atoms with Crippen LogP contribution >= 0.6 is 0 Å². The molecule has 0 aromatic heterocycles. The quantitative estimate of drug-likeness (QED) is 0.802. The topological polar surface area (TPSA) is 48.0 Å². The van der Waals surface area contributed by atoms with Crippen LogP contribution in [0, 0.1) is 17.6 Å². The van der Waals surface area contributed by atoms with E-state index in [2.05, 4.69) is 0 Å². The van der Waals surface area contributed by atoms with Crippen molar-refractivity contribution in [2.75, 3.05) is 34.4 Å². The van der Waals surface area contributed by atoms with Crippen molar-refractivity contribution in [2.24, 2.45) is 0 Å². The van der Waals surface area contributed by atoms with Gasteiger partial charge in [-0.3, -0.25) is 4.79 Å². The lowest BCUT2D eigenvalue weighted by Gasteiger charge is -2.19. The number of likely N-dealkylation sites (tertiary alicyclic amines) is 1. The highest BCUT2D eigenvalue weighted by molar-refractivity contribution is 5.96. The van der Waals surface area contributed by atoms with Crippen LogP contribution in [0.5, 0.6) is 17.2 Å². The van der Waals surface area contributed by atoms with Crippen LogP contribution in [-0.4, -0.2) is 45.2 Å². The second-order valence-electron chi connectivity index (χ2n) is 6.12. The van der Waals surface area contributed by atoms with Crippen molar-refractivity contribution < 1.29 is 27.8 Å². The fourth-order valence-electron chi connectivity index (χ4n) is 3.17. The Balaban J connectivity index is 1.81. The average Bonchev–Trinajstić information content (AvgIpc) is 3.18. The van der Waals surface area contributed by atoms with Gasteiger partial charge in [0, 0.05) is 24.6 Å². The molecule has 0 aliphatic carbocycles. The molecule has 0 spiro atoms. The third-order valence-corrected chi connectivity index (χ3v) is 4.59. The van der Waals surface area contributed by atoms with Crippen LogP contribution in [-0.2, 0) is 0 Å². The first-order valence-corrected chi connectivity index (χ1v) is 8.38. The fraction of sp³-hybridized carbons (Fsp3) is 0.300. The van der Waals surface area contributed by atoms with Crippen LogP contribution in [0.3, 0.4) is 0 Å². The summed E-state index contributed by atoms with van der Waals surface area (Å²) in [5, 5.41) is 0. The minimum atomic E-state index is -0.894. The van der Waals surface area contributed by atoms with Gasteiger partial charge in [0.05, 0.1) is 21.3 Å². The van der Waals surface area contributed by atoms with E-state index in [1.807, 2.05) is 0 Å². The Hall–Kier alpha value is -2.83. The predicted octanol–water partition coefficient (Wildman–Crippen LogP) is 3.46. The van der Waals surface area contributed by atoms with Crippen molar-refractivity contribution in [3.8, 4) is 17.2 Å². The van der Waals surface area contributed by atoms with Gasteiger partial charge in [0.15, 0.2) is 23.1 Å². The van der Waals surface area contributed by atoms with Crippen LogP contribution in [0.25, 0.3) is 0 Å². The Morgan fingerprint density at radius 2 is 1.63 bits per heavy atom. The smallest absolute Gasteiger partial charge is 0.254 e. The van der Waals surface area contributed by atoms with Crippen molar-refractivity contribution in [3.63, 3.8) is 0 Å². The number of benzene rings is 2. The molecule has 0 saturated carbocycles. The fourth-order valence-corrected chi connectivity index (χ4v) is 3.17. The Morgan fingerprint density at radius 3 is 2.19 bits per heavy atom. The van der Waals surface area contributed by atoms with Gasteiger partial charge in [-0.1, -0.05) is 6.07 Å². The lowest BCUT2D eigenvalue weighted by molar-refractivity contribution is 0.0794. The summed E-state index contributed by atoms with van der Waals surface area (Å²) in [6.07, 6.45) is 0.598. The maximum Gasteiger partial charge on any atom is 0.254 e. The number of halogens is 2. The zero-order valence-corrected chi connectivity index (χ0v) is 15.3. The Kier molecular flexibility index (Phi) is 5.48. The van der Waals surface area contributed by atoms with Crippen molar-refractivity contribution in [2.45, 2.75) is 6.42 Å². The minimum absolute atomic E-state index is 0.202. The molecule has 3 rings (SSSR count). The van der Waals surface area contributed by atoms with Crippen LogP contribution in [0.1, 0.15) is 22.3 Å². The lowest BCUT2D eigenvalue weighted by Crippen LogP contribution is -2.28. The number of amides is 1. The van der Waals surface area contributed by atoms with Crippen LogP contribution in [0.2, 0.25) is 0 Å². The first-order chi connectivity index (χ1) is 13.0. The SMILES string of the molecule is COc1cc(C(=O)N2CC[C](c3ccc(F)c(F)c3)C2)cc(OC)c1OC. The number of hydrogen-bond acceptors (Lipinski definition) is 4. The summed E-state index contributed by atoms with van der Waals surface area (Å²) in [7, 11) is 4.46. The van der Waals surface area contributed by atoms with Crippen LogP contribution < -0.4 is 14.2 Å². The molecule has 0 atom stereocenters. The molecule has 0 bridgehead atoms. The largest absolute Gasteiger partial charge is 0.493 e. The number of rotatable bonds is 5. The van der Waals surface area contributed by atoms with Crippen molar-refractivity contribution in [3.05, 3.63) is 59.0 Å². The molecule has 1 fully saturated rings. The van der Waals surface area contributed by atoms with Crippen molar-refractivity contribution in [1.82, 2.24) is 4.90 Å². The number of carbonyl (C=O) groups excluding carboxylic acids is 1. The Labute approximate surface area is 156 Å². The van der Waals surface area contributed by atoms with Gasteiger partial charge in [-0.05, 0) is 36.2 Å². The molecule has 7 heteroatoms.